The van der Waals surface area contributed by atoms with Crippen LogP contribution in [-0.2, 0) is 14.3 Å². The standard InChI is InChI=1S/C34H64O4/c1-3-5-6-7-8-9-10-11-12-13-14-15-16-17-18-19-20-21-22-23-24-25-26-27-28-29-32(34(36)37)31-33(35)38-30-4-2/h10-11,32H,3-9,12-31H2,1-2H3,(H,36,37)/b11-10+. The Morgan fingerprint density at radius 2 is 0.974 bits per heavy atom. The van der Waals surface area contributed by atoms with E-state index in [-0.39, 0.29) is 12.4 Å². The number of carboxylic acids is 1. The molecule has 0 fully saturated rings. The molecule has 0 rings (SSSR count). The van der Waals surface area contributed by atoms with Gasteiger partial charge in [0.2, 0.25) is 0 Å². The van der Waals surface area contributed by atoms with Crippen molar-refractivity contribution in [3.8, 4) is 0 Å². The minimum Gasteiger partial charge on any atom is -0.481 e. The zero-order valence-electron chi connectivity index (χ0n) is 25.5. The molecule has 0 bridgehead atoms. The molecule has 0 aliphatic carbocycles. The first-order chi connectivity index (χ1) is 18.6. The van der Waals surface area contributed by atoms with Crippen LogP contribution >= 0.6 is 0 Å². The lowest BCUT2D eigenvalue weighted by atomic mass is 9.97. The van der Waals surface area contributed by atoms with Gasteiger partial charge in [0.05, 0.1) is 18.9 Å². The third kappa shape index (κ3) is 27.7. The normalized spacial score (nSPS) is 12.3. The molecule has 0 aromatic carbocycles. The quantitative estimate of drug-likeness (QED) is 0.0563. The Labute approximate surface area is 236 Å². The van der Waals surface area contributed by atoms with E-state index in [9.17, 15) is 14.7 Å². The van der Waals surface area contributed by atoms with E-state index >= 15 is 0 Å². The number of aliphatic carboxylic acids is 1. The Morgan fingerprint density at radius 1 is 0.579 bits per heavy atom. The first-order valence-corrected chi connectivity index (χ1v) is 16.6. The maximum Gasteiger partial charge on any atom is 0.307 e. The van der Waals surface area contributed by atoms with Crippen LogP contribution in [0, 0.1) is 5.92 Å². The molecule has 0 spiro atoms. The average Bonchev–Trinajstić information content (AvgIpc) is 2.91. The van der Waals surface area contributed by atoms with Gasteiger partial charge in [0.1, 0.15) is 0 Å². The Balaban J connectivity index is 3.32. The first-order valence-electron chi connectivity index (χ1n) is 16.6. The summed E-state index contributed by atoms with van der Waals surface area (Å²) >= 11 is 0. The second kappa shape index (κ2) is 30.2. The molecule has 4 nitrogen and oxygen atoms in total. The van der Waals surface area contributed by atoms with Crippen LogP contribution in [-0.4, -0.2) is 23.7 Å². The highest BCUT2D eigenvalue weighted by Gasteiger charge is 2.21. The van der Waals surface area contributed by atoms with Crippen molar-refractivity contribution in [2.45, 2.75) is 181 Å². The molecule has 38 heavy (non-hydrogen) atoms. The van der Waals surface area contributed by atoms with Crippen molar-refractivity contribution in [3.05, 3.63) is 12.2 Å². The smallest absolute Gasteiger partial charge is 0.307 e. The van der Waals surface area contributed by atoms with Gasteiger partial charge in [-0.25, -0.2) is 0 Å². The Hall–Kier alpha value is -1.32. The van der Waals surface area contributed by atoms with Crippen LogP contribution in [0.5, 0.6) is 0 Å². The number of rotatable bonds is 30. The second-order valence-corrected chi connectivity index (χ2v) is 11.4. The molecule has 0 heterocycles. The van der Waals surface area contributed by atoms with E-state index in [4.69, 9.17) is 4.74 Å². The van der Waals surface area contributed by atoms with E-state index in [1.807, 2.05) is 6.92 Å². The number of allylic oxidation sites excluding steroid dienone is 2. The van der Waals surface area contributed by atoms with Gasteiger partial charge in [0.25, 0.3) is 0 Å². The number of carbonyl (C=O) groups excluding carboxylic acids is 1. The van der Waals surface area contributed by atoms with E-state index in [1.165, 1.54) is 135 Å². The summed E-state index contributed by atoms with van der Waals surface area (Å²) in [6, 6.07) is 0. The number of hydrogen-bond donors (Lipinski definition) is 1. The van der Waals surface area contributed by atoms with Gasteiger partial charge in [0, 0.05) is 0 Å². The lowest BCUT2D eigenvalue weighted by Gasteiger charge is -2.11. The molecule has 0 aromatic rings. The van der Waals surface area contributed by atoms with Crippen LogP contribution in [0.25, 0.3) is 0 Å². The predicted molar refractivity (Wildman–Crippen MR) is 163 cm³/mol. The van der Waals surface area contributed by atoms with E-state index in [0.717, 1.165) is 19.3 Å². The summed E-state index contributed by atoms with van der Waals surface area (Å²) < 4.78 is 5.03. The molecule has 0 amide bonds. The second-order valence-electron chi connectivity index (χ2n) is 11.4. The topological polar surface area (TPSA) is 63.6 Å². The van der Waals surface area contributed by atoms with Crippen molar-refractivity contribution >= 4 is 11.9 Å². The first kappa shape index (κ1) is 36.7. The van der Waals surface area contributed by atoms with Crippen molar-refractivity contribution in [1.29, 1.82) is 0 Å². The van der Waals surface area contributed by atoms with Crippen molar-refractivity contribution in [2.75, 3.05) is 6.61 Å². The number of carboxylic acid groups (broad SMARTS) is 1. The monoisotopic (exact) mass is 536 g/mol. The van der Waals surface area contributed by atoms with E-state index < -0.39 is 11.9 Å². The van der Waals surface area contributed by atoms with Crippen LogP contribution in [0.4, 0.5) is 0 Å². The van der Waals surface area contributed by atoms with Crippen LogP contribution in [0.1, 0.15) is 181 Å². The SMILES string of the molecule is CCCCCCC/C=C/CCCCCCCCCCCCCCCCCCC(CC(=O)OCCC)C(=O)O. The molecule has 0 saturated heterocycles. The maximum absolute atomic E-state index is 11.7. The predicted octanol–water partition coefficient (Wildman–Crippen LogP) is 11.0. The number of esters is 1. The zero-order chi connectivity index (χ0) is 27.9. The molecule has 0 aliphatic heterocycles. The molecule has 0 saturated carbocycles. The Morgan fingerprint density at radius 3 is 1.37 bits per heavy atom. The minimum absolute atomic E-state index is 0.00650. The van der Waals surface area contributed by atoms with E-state index in [1.54, 1.807) is 0 Å². The van der Waals surface area contributed by atoms with Gasteiger partial charge in [-0.3, -0.25) is 9.59 Å². The zero-order valence-corrected chi connectivity index (χ0v) is 25.5. The molecule has 0 aromatic heterocycles. The van der Waals surface area contributed by atoms with Gasteiger partial charge < -0.3 is 9.84 Å². The van der Waals surface area contributed by atoms with Crippen LogP contribution in [0.2, 0.25) is 0 Å². The largest absolute Gasteiger partial charge is 0.481 e. The summed E-state index contributed by atoms with van der Waals surface area (Å²) in [7, 11) is 0. The molecule has 1 N–H and O–H groups in total. The Kier molecular flexibility index (Phi) is 29.2. The fourth-order valence-electron chi connectivity index (χ4n) is 5.02. The molecular formula is C34H64O4. The summed E-state index contributed by atoms with van der Waals surface area (Å²) in [5.74, 6) is -1.85. The lowest BCUT2D eigenvalue weighted by molar-refractivity contribution is -0.151. The van der Waals surface area contributed by atoms with Gasteiger partial charge in [-0.05, 0) is 38.5 Å². The summed E-state index contributed by atoms with van der Waals surface area (Å²) in [4.78, 5) is 23.0. The molecule has 224 valence electrons. The van der Waals surface area contributed by atoms with E-state index in [2.05, 4.69) is 19.1 Å². The van der Waals surface area contributed by atoms with Crippen LogP contribution in [0.3, 0.4) is 0 Å². The minimum atomic E-state index is -0.875. The fraction of sp³-hybridized carbons (Fsp3) is 0.882. The van der Waals surface area contributed by atoms with Gasteiger partial charge in [-0.1, -0.05) is 148 Å². The average molecular weight is 537 g/mol. The molecule has 4 heteroatoms. The summed E-state index contributed by atoms with van der Waals surface area (Å²) in [5.41, 5.74) is 0. The van der Waals surface area contributed by atoms with Crippen molar-refractivity contribution in [1.82, 2.24) is 0 Å². The van der Waals surface area contributed by atoms with Gasteiger partial charge >= 0.3 is 11.9 Å². The van der Waals surface area contributed by atoms with Crippen molar-refractivity contribution < 1.29 is 19.4 Å². The highest BCUT2D eigenvalue weighted by Crippen LogP contribution is 2.18. The Bertz CT molecular complexity index is 543. The molecule has 1 unspecified atom stereocenters. The highest BCUT2D eigenvalue weighted by molar-refractivity contribution is 5.78. The number of carbonyl (C=O) groups is 2. The summed E-state index contributed by atoms with van der Waals surface area (Å²) in [5, 5.41) is 9.33. The van der Waals surface area contributed by atoms with Gasteiger partial charge in [-0.15, -0.1) is 0 Å². The van der Waals surface area contributed by atoms with Crippen molar-refractivity contribution in [3.63, 3.8) is 0 Å². The molecule has 1 atom stereocenters. The van der Waals surface area contributed by atoms with Crippen LogP contribution < -0.4 is 0 Å². The van der Waals surface area contributed by atoms with Gasteiger partial charge in [0.15, 0.2) is 0 Å². The van der Waals surface area contributed by atoms with Gasteiger partial charge in [-0.2, -0.15) is 0 Å². The lowest BCUT2D eigenvalue weighted by Crippen LogP contribution is -2.19. The van der Waals surface area contributed by atoms with Crippen LogP contribution in [0.15, 0.2) is 12.2 Å². The number of hydrogen-bond acceptors (Lipinski definition) is 3. The summed E-state index contributed by atoms with van der Waals surface area (Å²) in [6.07, 6.45) is 36.5. The maximum atomic E-state index is 11.7. The number of unbranched alkanes of at least 4 members (excludes halogenated alkanes) is 21. The third-order valence-corrected chi connectivity index (χ3v) is 7.54. The summed E-state index contributed by atoms with van der Waals surface area (Å²) in [6.45, 7) is 4.59. The molecule has 0 aliphatic rings. The third-order valence-electron chi connectivity index (χ3n) is 7.54. The highest BCUT2D eigenvalue weighted by atomic mass is 16.5. The van der Waals surface area contributed by atoms with E-state index in [0.29, 0.717) is 13.0 Å². The molecular weight excluding hydrogens is 472 g/mol. The fourth-order valence-corrected chi connectivity index (χ4v) is 5.02. The van der Waals surface area contributed by atoms with Crippen molar-refractivity contribution in [2.24, 2.45) is 5.92 Å². The molecule has 0 radical (unpaired) electrons. The number of ether oxygens (including phenoxy) is 1.